The highest BCUT2D eigenvalue weighted by atomic mass is 16.3. The van der Waals surface area contributed by atoms with Crippen LogP contribution in [0.1, 0.15) is 44.1 Å². The van der Waals surface area contributed by atoms with Gasteiger partial charge in [0.05, 0.1) is 18.5 Å². The van der Waals surface area contributed by atoms with E-state index in [0.717, 1.165) is 18.5 Å². The third-order valence-electron chi connectivity index (χ3n) is 6.77. The molecule has 172 valence electrons. The van der Waals surface area contributed by atoms with E-state index in [1.165, 1.54) is 17.0 Å². The van der Waals surface area contributed by atoms with Crippen LogP contribution in [0.3, 0.4) is 0 Å². The summed E-state index contributed by atoms with van der Waals surface area (Å²) in [6.07, 6.45) is 3.73. The molecule has 8 heteroatoms. The number of benzene rings is 1. The van der Waals surface area contributed by atoms with Crippen molar-refractivity contribution in [2.75, 3.05) is 31.1 Å². The number of carbonyl (C=O) groups is 1. The molecule has 2 fully saturated rings. The van der Waals surface area contributed by atoms with E-state index in [4.69, 9.17) is 5.73 Å². The highest BCUT2D eigenvalue weighted by Gasteiger charge is 2.35. The van der Waals surface area contributed by atoms with E-state index in [9.17, 15) is 14.7 Å². The van der Waals surface area contributed by atoms with E-state index < -0.39 is 5.60 Å². The first-order valence-corrected chi connectivity index (χ1v) is 11.5. The Morgan fingerprint density at radius 3 is 2.59 bits per heavy atom. The normalized spacial score (nSPS) is 21.5. The van der Waals surface area contributed by atoms with Crippen molar-refractivity contribution in [1.29, 1.82) is 0 Å². The van der Waals surface area contributed by atoms with Gasteiger partial charge in [-0.15, -0.1) is 0 Å². The molecule has 0 saturated carbocycles. The van der Waals surface area contributed by atoms with Crippen LogP contribution in [-0.4, -0.2) is 63.3 Å². The van der Waals surface area contributed by atoms with Crippen LogP contribution in [0.25, 0.3) is 0 Å². The minimum absolute atomic E-state index is 0.107. The second kappa shape index (κ2) is 9.42. The number of amides is 1. The predicted molar refractivity (Wildman–Crippen MR) is 124 cm³/mol. The summed E-state index contributed by atoms with van der Waals surface area (Å²) in [4.78, 5) is 33.6. The minimum Gasteiger partial charge on any atom is -0.388 e. The van der Waals surface area contributed by atoms with Crippen LogP contribution < -0.4 is 16.2 Å². The summed E-state index contributed by atoms with van der Waals surface area (Å²) in [5, 5.41) is 11.1. The summed E-state index contributed by atoms with van der Waals surface area (Å²) in [5.41, 5.74) is 5.90. The average Bonchev–Trinajstić information content (AvgIpc) is 3.22. The SMILES string of the molecule is CC(CC(=O)N1CCC(O)(Cn2cnc(N3CCC(N)C3)cc2=O)CC1)c1ccccc1. The standard InChI is InChI=1S/C24H33N5O3/c1-18(19-5-3-2-4-6-19)13-22(30)27-11-8-24(32,9-12-27)16-29-17-26-21(14-23(29)31)28-10-7-20(25)15-28/h2-6,14,17-18,20,32H,7-13,15-16,25H2,1H3. The number of nitrogens with zero attached hydrogens (tertiary/aromatic N) is 4. The van der Waals surface area contributed by atoms with Gasteiger partial charge < -0.3 is 20.6 Å². The summed E-state index contributed by atoms with van der Waals surface area (Å²) >= 11 is 0. The summed E-state index contributed by atoms with van der Waals surface area (Å²) in [6.45, 7) is 4.72. The molecule has 2 atom stereocenters. The van der Waals surface area contributed by atoms with Crippen LogP contribution in [0.4, 0.5) is 5.82 Å². The number of nitrogens with two attached hydrogens (primary N) is 1. The molecular formula is C24H33N5O3. The van der Waals surface area contributed by atoms with E-state index in [-0.39, 0.29) is 30.0 Å². The quantitative estimate of drug-likeness (QED) is 0.704. The monoisotopic (exact) mass is 439 g/mol. The molecule has 4 rings (SSSR count). The number of likely N-dealkylation sites (tertiary alicyclic amines) is 1. The highest BCUT2D eigenvalue weighted by molar-refractivity contribution is 5.77. The van der Waals surface area contributed by atoms with Gasteiger partial charge in [-0.05, 0) is 30.7 Å². The molecule has 3 heterocycles. The van der Waals surface area contributed by atoms with Gasteiger partial charge in [-0.2, -0.15) is 0 Å². The predicted octanol–water partition coefficient (Wildman–Crippen LogP) is 1.33. The van der Waals surface area contributed by atoms with Gasteiger partial charge in [0.1, 0.15) is 5.82 Å². The molecule has 1 amide bonds. The van der Waals surface area contributed by atoms with Crippen molar-refractivity contribution in [2.24, 2.45) is 5.73 Å². The Morgan fingerprint density at radius 1 is 1.25 bits per heavy atom. The number of carbonyl (C=O) groups excluding carboxylic acids is 1. The molecule has 3 N–H and O–H groups in total. The molecule has 2 aliphatic rings. The van der Waals surface area contributed by atoms with E-state index in [1.807, 2.05) is 40.1 Å². The molecule has 8 nitrogen and oxygen atoms in total. The summed E-state index contributed by atoms with van der Waals surface area (Å²) in [6, 6.07) is 11.7. The third kappa shape index (κ3) is 5.19. The average molecular weight is 440 g/mol. The molecule has 0 bridgehead atoms. The van der Waals surface area contributed by atoms with Crippen molar-refractivity contribution in [3.8, 4) is 0 Å². The van der Waals surface area contributed by atoms with Crippen molar-refractivity contribution in [2.45, 2.75) is 56.7 Å². The van der Waals surface area contributed by atoms with Gasteiger partial charge in [0.25, 0.3) is 5.56 Å². The molecule has 0 radical (unpaired) electrons. The Morgan fingerprint density at radius 2 is 1.97 bits per heavy atom. The zero-order valence-electron chi connectivity index (χ0n) is 18.7. The maximum Gasteiger partial charge on any atom is 0.255 e. The van der Waals surface area contributed by atoms with Gasteiger partial charge in [-0.1, -0.05) is 37.3 Å². The van der Waals surface area contributed by atoms with Crippen LogP contribution in [0.15, 0.2) is 47.5 Å². The molecule has 1 aromatic heterocycles. The topological polar surface area (TPSA) is 105 Å². The van der Waals surface area contributed by atoms with Crippen LogP contribution in [0.5, 0.6) is 0 Å². The lowest BCUT2D eigenvalue weighted by Crippen LogP contribution is -2.49. The van der Waals surface area contributed by atoms with Gasteiger partial charge in [-0.25, -0.2) is 4.98 Å². The lowest BCUT2D eigenvalue weighted by atomic mass is 9.90. The fourth-order valence-electron chi connectivity index (χ4n) is 4.64. The van der Waals surface area contributed by atoms with Crippen LogP contribution >= 0.6 is 0 Å². The number of hydrogen-bond donors (Lipinski definition) is 2. The zero-order chi connectivity index (χ0) is 22.7. The Bertz CT molecular complexity index is 985. The number of anilines is 1. The molecule has 0 aliphatic carbocycles. The highest BCUT2D eigenvalue weighted by Crippen LogP contribution is 2.26. The molecule has 0 spiro atoms. The minimum atomic E-state index is -1.02. The van der Waals surface area contributed by atoms with Crippen LogP contribution in [-0.2, 0) is 11.3 Å². The lowest BCUT2D eigenvalue weighted by Gasteiger charge is -2.38. The Labute approximate surface area is 188 Å². The first kappa shape index (κ1) is 22.5. The maximum absolute atomic E-state index is 12.8. The number of rotatable bonds is 6. The van der Waals surface area contributed by atoms with Gasteiger partial charge in [0.2, 0.25) is 5.91 Å². The van der Waals surface area contributed by atoms with Crippen molar-refractivity contribution in [3.63, 3.8) is 0 Å². The van der Waals surface area contributed by atoms with E-state index in [0.29, 0.717) is 44.7 Å². The van der Waals surface area contributed by atoms with Crippen molar-refractivity contribution in [3.05, 3.63) is 58.6 Å². The Balaban J connectivity index is 1.32. The number of piperidine rings is 1. The molecule has 2 aliphatic heterocycles. The zero-order valence-corrected chi connectivity index (χ0v) is 18.7. The number of aromatic nitrogens is 2. The van der Waals surface area contributed by atoms with Crippen LogP contribution in [0.2, 0.25) is 0 Å². The van der Waals surface area contributed by atoms with Crippen molar-refractivity contribution >= 4 is 11.7 Å². The van der Waals surface area contributed by atoms with Gasteiger partial charge in [0, 0.05) is 44.7 Å². The van der Waals surface area contributed by atoms with E-state index >= 15 is 0 Å². The van der Waals surface area contributed by atoms with Crippen molar-refractivity contribution in [1.82, 2.24) is 14.5 Å². The molecule has 2 saturated heterocycles. The van der Waals surface area contributed by atoms with Gasteiger partial charge in [0.15, 0.2) is 0 Å². The maximum atomic E-state index is 12.8. The number of aliphatic hydroxyl groups is 1. The van der Waals surface area contributed by atoms with E-state index in [1.54, 1.807) is 0 Å². The fraction of sp³-hybridized carbons (Fsp3) is 0.542. The Hall–Kier alpha value is -2.71. The molecule has 1 aromatic carbocycles. The number of hydrogen-bond acceptors (Lipinski definition) is 6. The van der Waals surface area contributed by atoms with E-state index in [2.05, 4.69) is 11.9 Å². The Kier molecular flexibility index (Phi) is 6.62. The summed E-state index contributed by atoms with van der Waals surface area (Å²) in [7, 11) is 0. The van der Waals surface area contributed by atoms with Crippen molar-refractivity contribution < 1.29 is 9.90 Å². The van der Waals surface area contributed by atoms with Gasteiger partial charge in [-0.3, -0.25) is 14.2 Å². The first-order valence-electron chi connectivity index (χ1n) is 11.5. The smallest absolute Gasteiger partial charge is 0.255 e. The molecule has 2 aromatic rings. The molecule has 32 heavy (non-hydrogen) atoms. The van der Waals surface area contributed by atoms with Gasteiger partial charge >= 0.3 is 0 Å². The largest absolute Gasteiger partial charge is 0.388 e. The molecular weight excluding hydrogens is 406 g/mol. The second-order valence-electron chi connectivity index (χ2n) is 9.33. The summed E-state index contributed by atoms with van der Waals surface area (Å²) < 4.78 is 1.47. The van der Waals surface area contributed by atoms with Crippen LogP contribution in [0, 0.1) is 0 Å². The fourth-order valence-corrected chi connectivity index (χ4v) is 4.64. The summed E-state index contributed by atoms with van der Waals surface area (Å²) in [5.74, 6) is 0.896. The second-order valence-corrected chi connectivity index (χ2v) is 9.33. The first-order chi connectivity index (χ1) is 15.3. The third-order valence-corrected chi connectivity index (χ3v) is 6.77. The molecule has 2 unspecified atom stereocenters. The lowest BCUT2D eigenvalue weighted by molar-refractivity contribution is -0.136.